The number of nitrogens with one attached hydrogen (secondary N) is 3. The van der Waals surface area contributed by atoms with Crippen LogP contribution in [-0.4, -0.2) is 123 Å². The lowest BCUT2D eigenvalue weighted by atomic mass is 9.85. The molecule has 8 rings (SSSR count). The Balaban J connectivity index is 0.000000191. The third kappa shape index (κ3) is 12.4. The number of H-pyrrole nitrogens is 2. The van der Waals surface area contributed by atoms with E-state index in [1.54, 1.807) is 12.1 Å². The van der Waals surface area contributed by atoms with Crippen LogP contribution in [0.25, 0.3) is 21.8 Å². The number of halogens is 16. The SMILES string of the molecule is Clc1cc(Cl)c2cc(CN3CCCC34CCNCC4)[nH]c2c1.O=C(OC(C(F)(F)F)C(F)(F)F)N1CCC2(CCCN2Cc2cc3c(Cl)cc(Cl)cc3[nH]2)CC1.OC(C(F)(F)F)C(F)(F)F. The predicted molar refractivity (Wildman–Crippen MR) is 225 cm³/mol. The minimum absolute atomic E-state index is 0.00586. The lowest BCUT2D eigenvalue weighted by Gasteiger charge is -2.44. The van der Waals surface area contributed by atoms with E-state index in [0.29, 0.717) is 40.0 Å². The molecule has 0 radical (unpaired) electrons. The summed E-state index contributed by atoms with van der Waals surface area (Å²) in [6.07, 6.45) is -25.0. The number of carbonyl (C=O) groups is 1. The third-order valence-electron chi connectivity index (χ3n) is 12.5. The lowest BCUT2D eigenvalue weighted by Crippen LogP contribution is -2.54. The molecule has 4 aliphatic heterocycles. The Labute approximate surface area is 389 Å². The number of nitrogens with zero attached hydrogens (tertiary/aromatic N) is 3. The maximum absolute atomic E-state index is 12.7. The number of piperidine rings is 2. The van der Waals surface area contributed by atoms with Crippen molar-refractivity contribution in [1.29, 1.82) is 0 Å². The number of aliphatic hydroxyl groups is 1. The zero-order chi connectivity index (χ0) is 48.6. The number of aliphatic hydroxyl groups excluding tert-OH is 1. The number of ether oxygens (including phenoxy) is 1. The summed E-state index contributed by atoms with van der Waals surface area (Å²) in [4.78, 5) is 24.7. The fraction of sp³-hybridized carbons (Fsp3) is 0.585. The molecule has 4 saturated heterocycles. The highest BCUT2D eigenvalue weighted by Gasteiger charge is 2.60. The molecule has 0 bridgehead atoms. The highest BCUT2D eigenvalue weighted by atomic mass is 35.5. The predicted octanol–water partition coefficient (Wildman–Crippen LogP) is 12.2. The molecule has 9 nitrogen and oxygen atoms in total. The first kappa shape index (κ1) is 52.3. The Bertz CT molecular complexity index is 2280. The molecule has 368 valence electrons. The summed E-state index contributed by atoms with van der Waals surface area (Å²) in [5.74, 6) is 0. The summed E-state index contributed by atoms with van der Waals surface area (Å²) in [5.41, 5.74) is 4.07. The van der Waals surface area contributed by atoms with Gasteiger partial charge in [0.05, 0.1) is 10.0 Å². The standard InChI is InChI=1S/C21H21Cl2F6N3O2.C17H21Cl2N3.C3H2F6O/c22-12-8-15(23)14-10-13(30-16(14)9-12)11-32-5-1-2-19(32)3-6-31(7-4-19)18(33)34-17(20(24,25)26)21(27,28)29;18-12-8-15(19)14-10-13(21-16(14)9-12)11-22-7-1-2-17(22)3-5-20-6-4-17;4-2(5,6)1(10)3(7,8)9/h8-10,17,30H,1-7,11H2;8-10,20-21H,1-7,11H2;1,10H. The van der Waals surface area contributed by atoms with Crippen molar-refractivity contribution in [1.82, 2.24) is 30.0 Å². The lowest BCUT2D eigenvalue weighted by molar-refractivity contribution is -0.309. The molecule has 4 fully saturated rings. The number of alkyl halides is 12. The Hall–Kier alpha value is -3.05. The Kier molecular flexibility index (Phi) is 16.0. The Morgan fingerprint density at radius 1 is 0.606 bits per heavy atom. The normalized spacial score (nSPS) is 19.5. The smallest absolute Gasteiger partial charge is 0.426 e. The second kappa shape index (κ2) is 20.1. The first-order valence-corrected chi connectivity index (χ1v) is 22.2. The summed E-state index contributed by atoms with van der Waals surface area (Å²) < 4.78 is 146. The van der Waals surface area contributed by atoms with Gasteiger partial charge >= 0.3 is 30.8 Å². The van der Waals surface area contributed by atoms with E-state index in [9.17, 15) is 57.5 Å². The fourth-order valence-electron chi connectivity index (χ4n) is 9.31. The van der Waals surface area contributed by atoms with E-state index in [1.165, 1.54) is 37.9 Å². The number of likely N-dealkylation sites (tertiary alicyclic amines) is 3. The number of hydrogen-bond donors (Lipinski definition) is 4. The van der Waals surface area contributed by atoms with Crippen LogP contribution in [0.3, 0.4) is 0 Å². The van der Waals surface area contributed by atoms with Crippen molar-refractivity contribution in [3.63, 3.8) is 0 Å². The highest BCUT2D eigenvalue weighted by Crippen LogP contribution is 2.42. The summed E-state index contributed by atoms with van der Waals surface area (Å²) in [6.45, 7) is 5.80. The minimum Gasteiger partial charge on any atom is -0.426 e. The summed E-state index contributed by atoms with van der Waals surface area (Å²) >= 11 is 24.7. The quantitative estimate of drug-likeness (QED) is 0.149. The molecule has 1 amide bonds. The van der Waals surface area contributed by atoms with Gasteiger partial charge in [0.1, 0.15) is 0 Å². The third-order valence-corrected chi connectivity index (χ3v) is 13.6. The van der Waals surface area contributed by atoms with Crippen LogP contribution >= 0.6 is 46.4 Å². The van der Waals surface area contributed by atoms with Crippen LogP contribution in [0.2, 0.25) is 20.1 Å². The van der Waals surface area contributed by atoms with E-state index in [1.807, 2.05) is 18.2 Å². The van der Waals surface area contributed by atoms with Crippen LogP contribution < -0.4 is 5.32 Å². The van der Waals surface area contributed by atoms with Gasteiger partial charge in [-0.3, -0.25) is 9.80 Å². The van der Waals surface area contributed by atoms with Crippen molar-refractivity contribution in [2.24, 2.45) is 0 Å². The van der Waals surface area contributed by atoms with Gasteiger partial charge < -0.3 is 30.0 Å². The number of rotatable bonds is 5. The minimum atomic E-state index is -5.74. The van der Waals surface area contributed by atoms with Gasteiger partial charge in [-0.05, 0) is 114 Å². The van der Waals surface area contributed by atoms with Gasteiger partial charge in [0.25, 0.3) is 6.10 Å². The largest absolute Gasteiger partial charge is 0.434 e. The van der Waals surface area contributed by atoms with E-state index in [0.717, 1.165) is 76.4 Å². The number of fused-ring (bicyclic) bond motifs is 2. The molecule has 4 N–H and O–H groups in total. The van der Waals surface area contributed by atoms with Gasteiger partial charge in [0, 0.05) is 80.5 Å². The van der Waals surface area contributed by atoms with E-state index in [-0.39, 0.29) is 18.6 Å². The number of amides is 1. The molecule has 2 aromatic carbocycles. The molecule has 6 heterocycles. The van der Waals surface area contributed by atoms with Crippen molar-refractivity contribution < 1.29 is 67.3 Å². The first-order valence-electron chi connectivity index (χ1n) is 20.6. The molecule has 66 heavy (non-hydrogen) atoms. The number of carbonyl (C=O) groups excluding carboxylic acids is 1. The van der Waals surface area contributed by atoms with Crippen molar-refractivity contribution in [2.75, 3.05) is 39.3 Å². The van der Waals surface area contributed by atoms with Crippen molar-refractivity contribution in [3.8, 4) is 0 Å². The van der Waals surface area contributed by atoms with Gasteiger partial charge in [0.2, 0.25) is 6.10 Å². The number of aromatic nitrogens is 2. The molecular formula is C41H44Cl4F12N6O3. The van der Waals surface area contributed by atoms with Crippen molar-refractivity contribution in [3.05, 3.63) is 67.9 Å². The van der Waals surface area contributed by atoms with E-state index in [4.69, 9.17) is 51.5 Å². The second-order valence-corrected chi connectivity index (χ2v) is 18.5. The van der Waals surface area contributed by atoms with Gasteiger partial charge in [-0.1, -0.05) is 46.4 Å². The molecule has 2 aromatic heterocycles. The average Bonchev–Trinajstić information content (AvgIpc) is 4.00. The molecular weight excluding hydrogens is 994 g/mol. The van der Waals surface area contributed by atoms with Crippen LogP contribution in [0.5, 0.6) is 0 Å². The monoisotopic (exact) mass is 1040 g/mol. The zero-order valence-electron chi connectivity index (χ0n) is 34.6. The van der Waals surface area contributed by atoms with Gasteiger partial charge in [-0.25, -0.2) is 4.79 Å². The summed E-state index contributed by atoms with van der Waals surface area (Å²) in [5, 5.41) is 15.3. The number of hydrogen-bond acceptors (Lipinski definition) is 6. The molecule has 2 spiro atoms. The van der Waals surface area contributed by atoms with Crippen molar-refractivity contribution >= 4 is 74.3 Å². The maximum atomic E-state index is 12.7. The fourth-order valence-corrected chi connectivity index (χ4v) is 10.4. The topological polar surface area (TPSA) is 99.9 Å². The average molecular weight is 1040 g/mol. The molecule has 4 aromatic rings. The highest BCUT2D eigenvalue weighted by molar-refractivity contribution is 6.39. The Morgan fingerprint density at radius 2 is 1.02 bits per heavy atom. The van der Waals surface area contributed by atoms with Gasteiger partial charge in [-0.15, -0.1) is 0 Å². The van der Waals surface area contributed by atoms with Crippen LogP contribution in [-0.2, 0) is 17.8 Å². The van der Waals surface area contributed by atoms with E-state index >= 15 is 0 Å². The van der Waals surface area contributed by atoms with E-state index < -0.39 is 43.0 Å². The molecule has 0 aliphatic carbocycles. The summed E-state index contributed by atoms with van der Waals surface area (Å²) in [6, 6.07) is 11.3. The van der Waals surface area contributed by atoms with Crippen LogP contribution in [0.4, 0.5) is 57.5 Å². The first-order chi connectivity index (χ1) is 30.6. The van der Waals surface area contributed by atoms with Crippen LogP contribution in [0, 0.1) is 0 Å². The molecule has 0 atom stereocenters. The molecule has 0 saturated carbocycles. The van der Waals surface area contributed by atoms with E-state index in [2.05, 4.69) is 35.9 Å². The Morgan fingerprint density at radius 3 is 1.39 bits per heavy atom. The molecule has 4 aliphatic rings. The van der Waals surface area contributed by atoms with Gasteiger partial charge in [0.15, 0.2) is 0 Å². The second-order valence-electron chi connectivity index (χ2n) is 16.9. The van der Waals surface area contributed by atoms with Crippen LogP contribution in [0.15, 0.2) is 36.4 Å². The van der Waals surface area contributed by atoms with Crippen LogP contribution in [0.1, 0.15) is 62.8 Å². The van der Waals surface area contributed by atoms with Crippen molar-refractivity contribution in [2.45, 2.75) is 112 Å². The molecule has 0 unspecified atom stereocenters. The number of benzene rings is 2. The number of aromatic amines is 2. The summed E-state index contributed by atoms with van der Waals surface area (Å²) in [7, 11) is 0. The van der Waals surface area contributed by atoms with Gasteiger partial charge in [-0.2, -0.15) is 52.7 Å². The maximum Gasteiger partial charge on any atom is 0.434 e. The zero-order valence-corrected chi connectivity index (χ0v) is 37.6. The molecule has 25 heteroatoms.